The Labute approximate surface area is 149 Å². The summed E-state index contributed by atoms with van der Waals surface area (Å²) in [5.74, 6) is 0.257. The molecule has 1 aromatic carbocycles. The van der Waals surface area contributed by atoms with Crippen molar-refractivity contribution in [3.8, 4) is 0 Å². The van der Waals surface area contributed by atoms with E-state index in [9.17, 15) is 10.1 Å². The van der Waals surface area contributed by atoms with Gasteiger partial charge in [-0.25, -0.2) is 0 Å². The van der Waals surface area contributed by atoms with Crippen molar-refractivity contribution in [1.29, 1.82) is 0 Å². The van der Waals surface area contributed by atoms with Crippen molar-refractivity contribution in [2.24, 2.45) is 0 Å². The Kier molecular flexibility index (Phi) is 4.86. The van der Waals surface area contributed by atoms with Crippen LogP contribution in [0.15, 0.2) is 24.3 Å². The molecule has 9 nitrogen and oxygen atoms in total. The van der Waals surface area contributed by atoms with Crippen LogP contribution < -0.4 is 16.0 Å². The lowest BCUT2D eigenvalue weighted by molar-refractivity contribution is -0.383. The van der Waals surface area contributed by atoms with Gasteiger partial charge in [0, 0.05) is 36.9 Å². The summed E-state index contributed by atoms with van der Waals surface area (Å²) in [5, 5.41) is 14.8. The standard InChI is InChI=1S/C15H18ClN7O2/c1-21-5-7-22(8-6-21)15-19-13(17)12(23(24)25)14(20-15)18-11-4-2-3-10(16)9-11/h2-4,9H,5-8H2,1H3,(H3,17,18,19,20). The van der Waals surface area contributed by atoms with Crippen LogP contribution in [-0.2, 0) is 0 Å². The van der Waals surface area contributed by atoms with Crippen molar-refractivity contribution in [2.45, 2.75) is 0 Å². The molecule has 1 fully saturated rings. The Balaban J connectivity index is 1.97. The molecule has 132 valence electrons. The molecule has 1 aliphatic heterocycles. The first kappa shape index (κ1) is 17.2. The minimum Gasteiger partial charge on any atom is -0.378 e. The van der Waals surface area contributed by atoms with Gasteiger partial charge in [0.2, 0.25) is 17.6 Å². The van der Waals surface area contributed by atoms with E-state index in [0.29, 0.717) is 16.7 Å². The quantitative estimate of drug-likeness (QED) is 0.627. The van der Waals surface area contributed by atoms with E-state index in [1.54, 1.807) is 24.3 Å². The number of nitro groups is 1. The smallest absolute Gasteiger partial charge is 0.353 e. The number of rotatable bonds is 4. The Morgan fingerprint density at radius 1 is 1.28 bits per heavy atom. The van der Waals surface area contributed by atoms with Crippen molar-refractivity contribution < 1.29 is 4.92 Å². The zero-order valence-corrected chi connectivity index (χ0v) is 14.4. The lowest BCUT2D eigenvalue weighted by Gasteiger charge is -2.32. The minimum atomic E-state index is -0.587. The molecule has 0 spiro atoms. The monoisotopic (exact) mass is 363 g/mol. The normalized spacial score (nSPS) is 15.2. The van der Waals surface area contributed by atoms with Crippen LogP contribution >= 0.6 is 11.6 Å². The number of piperazine rings is 1. The van der Waals surface area contributed by atoms with Gasteiger partial charge in [-0.3, -0.25) is 10.1 Å². The number of nitrogens with two attached hydrogens (primary N) is 1. The van der Waals surface area contributed by atoms with Gasteiger partial charge in [0.1, 0.15) is 0 Å². The van der Waals surface area contributed by atoms with E-state index in [1.165, 1.54) is 0 Å². The maximum absolute atomic E-state index is 11.4. The van der Waals surface area contributed by atoms with Crippen LogP contribution in [0.3, 0.4) is 0 Å². The molecule has 0 bridgehead atoms. The van der Waals surface area contributed by atoms with Gasteiger partial charge in [0.05, 0.1) is 4.92 Å². The summed E-state index contributed by atoms with van der Waals surface area (Å²) < 4.78 is 0. The molecule has 3 rings (SSSR count). The van der Waals surface area contributed by atoms with Gasteiger partial charge >= 0.3 is 5.69 Å². The zero-order valence-electron chi connectivity index (χ0n) is 13.6. The fourth-order valence-corrected chi connectivity index (χ4v) is 2.77. The van der Waals surface area contributed by atoms with Crippen molar-refractivity contribution in [3.05, 3.63) is 39.4 Å². The van der Waals surface area contributed by atoms with E-state index in [2.05, 4.69) is 20.2 Å². The van der Waals surface area contributed by atoms with Gasteiger partial charge in [-0.2, -0.15) is 9.97 Å². The molecule has 0 radical (unpaired) electrons. The van der Waals surface area contributed by atoms with Crippen LogP contribution in [0.4, 0.5) is 29.0 Å². The number of nitrogen functional groups attached to an aromatic ring is 1. The number of anilines is 4. The Morgan fingerprint density at radius 3 is 2.64 bits per heavy atom. The largest absolute Gasteiger partial charge is 0.378 e. The molecule has 3 N–H and O–H groups in total. The second kappa shape index (κ2) is 7.08. The number of hydrogen-bond donors (Lipinski definition) is 2. The number of likely N-dealkylation sites (N-methyl/N-ethyl adjacent to an activating group) is 1. The molecule has 0 unspecified atom stereocenters. The van der Waals surface area contributed by atoms with Crippen LogP contribution in [-0.4, -0.2) is 53.0 Å². The second-order valence-electron chi connectivity index (χ2n) is 5.79. The third-order valence-corrected chi connectivity index (χ3v) is 4.19. The highest BCUT2D eigenvalue weighted by Crippen LogP contribution is 2.32. The van der Waals surface area contributed by atoms with Crippen molar-refractivity contribution in [3.63, 3.8) is 0 Å². The van der Waals surface area contributed by atoms with Crippen molar-refractivity contribution >= 4 is 40.6 Å². The molecule has 2 heterocycles. The van der Waals surface area contributed by atoms with Crippen LogP contribution in [0, 0.1) is 10.1 Å². The molecule has 0 atom stereocenters. The number of benzene rings is 1. The molecule has 0 saturated carbocycles. The van der Waals surface area contributed by atoms with E-state index in [4.69, 9.17) is 17.3 Å². The topological polar surface area (TPSA) is 113 Å². The highest BCUT2D eigenvalue weighted by molar-refractivity contribution is 6.30. The van der Waals surface area contributed by atoms with Crippen LogP contribution in [0.1, 0.15) is 0 Å². The predicted octanol–water partition coefficient (Wildman–Crippen LogP) is 2.12. The predicted molar refractivity (Wildman–Crippen MR) is 97.5 cm³/mol. The molecular formula is C15H18ClN7O2. The third kappa shape index (κ3) is 3.89. The highest BCUT2D eigenvalue weighted by Gasteiger charge is 2.26. The van der Waals surface area contributed by atoms with Crippen molar-refractivity contribution in [2.75, 3.05) is 49.2 Å². The first-order valence-electron chi connectivity index (χ1n) is 7.72. The fraction of sp³-hybridized carbons (Fsp3) is 0.333. The summed E-state index contributed by atoms with van der Waals surface area (Å²) in [4.78, 5) is 23.4. The van der Waals surface area contributed by atoms with Crippen molar-refractivity contribution in [1.82, 2.24) is 14.9 Å². The zero-order chi connectivity index (χ0) is 18.0. The van der Waals surface area contributed by atoms with Crippen LogP contribution in [0.5, 0.6) is 0 Å². The Hall–Kier alpha value is -2.65. The number of nitrogens with zero attached hydrogens (tertiary/aromatic N) is 5. The van der Waals surface area contributed by atoms with E-state index < -0.39 is 4.92 Å². The summed E-state index contributed by atoms with van der Waals surface area (Å²) >= 11 is 5.97. The molecule has 0 amide bonds. The fourth-order valence-electron chi connectivity index (χ4n) is 2.58. The maximum atomic E-state index is 11.4. The summed E-state index contributed by atoms with van der Waals surface area (Å²) in [7, 11) is 2.04. The molecule has 2 aromatic rings. The average molecular weight is 364 g/mol. The average Bonchev–Trinajstić information content (AvgIpc) is 2.54. The summed E-state index contributed by atoms with van der Waals surface area (Å²) in [6.45, 7) is 3.17. The first-order chi connectivity index (χ1) is 11.9. The van der Waals surface area contributed by atoms with E-state index in [1.807, 2.05) is 11.9 Å². The summed E-state index contributed by atoms with van der Waals surface area (Å²) in [5.41, 5.74) is 6.08. The summed E-state index contributed by atoms with van der Waals surface area (Å²) in [6, 6.07) is 6.84. The molecule has 1 aliphatic rings. The Morgan fingerprint density at radius 2 is 2.00 bits per heavy atom. The van der Waals surface area contributed by atoms with Crippen LogP contribution in [0.25, 0.3) is 0 Å². The number of hydrogen-bond acceptors (Lipinski definition) is 8. The van der Waals surface area contributed by atoms with Crippen LogP contribution in [0.2, 0.25) is 5.02 Å². The SMILES string of the molecule is CN1CCN(c2nc(N)c([N+](=O)[O-])c(Nc3cccc(Cl)c3)n2)CC1. The first-order valence-corrected chi connectivity index (χ1v) is 8.10. The van der Waals surface area contributed by atoms with Gasteiger partial charge in [0.25, 0.3) is 0 Å². The van der Waals surface area contributed by atoms with E-state index >= 15 is 0 Å². The highest BCUT2D eigenvalue weighted by atomic mass is 35.5. The van der Waals surface area contributed by atoms with Gasteiger partial charge in [-0.15, -0.1) is 0 Å². The lowest BCUT2D eigenvalue weighted by Crippen LogP contribution is -2.45. The molecular weight excluding hydrogens is 346 g/mol. The molecule has 10 heteroatoms. The number of halogens is 1. The Bertz CT molecular complexity index is 793. The van der Waals surface area contributed by atoms with Gasteiger partial charge in [0.15, 0.2) is 0 Å². The molecule has 1 aromatic heterocycles. The number of aromatic nitrogens is 2. The van der Waals surface area contributed by atoms with E-state index in [0.717, 1.165) is 26.2 Å². The molecule has 0 aliphatic carbocycles. The third-order valence-electron chi connectivity index (χ3n) is 3.96. The van der Waals surface area contributed by atoms with Gasteiger partial charge < -0.3 is 20.9 Å². The second-order valence-corrected chi connectivity index (χ2v) is 6.23. The van der Waals surface area contributed by atoms with Gasteiger partial charge in [-0.1, -0.05) is 17.7 Å². The molecule has 25 heavy (non-hydrogen) atoms. The number of nitrogens with one attached hydrogen (secondary N) is 1. The minimum absolute atomic E-state index is 0.0497. The van der Waals surface area contributed by atoms with E-state index in [-0.39, 0.29) is 17.3 Å². The summed E-state index contributed by atoms with van der Waals surface area (Å²) in [6.07, 6.45) is 0. The lowest BCUT2D eigenvalue weighted by atomic mass is 10.3. The van der Waals surface area contributed by atoms with Gasteiger partial charge in [-0.05, 0) is 25.2 Å². The maximum Gasteiger partial charge on any atom is 0.353 e. The molecule has 1 saturated heterocycles.